The van der Waals surface area contributed by atoms with Crippen molar-refractivity contribution in [3.05, 3.63) is 29.6 Å². The summed E-state index contributed by atoms with van der Waals surface area (Å²) in [4.78, 5) is 3.52. The largest absolute Gasteiger partial charge is 0.436 e. The molecule has 1 unspecified atom stereocenters. The second-order valence-corrected chi connectivity index (χ2v) is 7.45. The van der Waals surface area contributed by atoms with Gasteiger partial charge in [-0.25, -0.2) is 18.5 Å². The number of sulfonamides is 1. The van der Waals surface area contributed by atoms with Gasteiger partial charge in [0.2, 0.25) is 10.0 Å². The van der Waals surface area contributed by atoms with E-state index in [2.05, 4.69) is 15.4 Å². The van der Waals surface area contributed by atoms with E-state index in [0.717, 1.165) is 29.4 Å². The van der Waals surface area contributed by atoms with Crippen LogP contribution in [0.1, 0.15) is 31.5 Å². The number of nitrogens with zero attached hydrogens (tertiary/aromatic N) is 4. The highest BCUT2D eigenvalue weighted by Gasteiger charge is 2.40. The summed E-state index contributed by atoms with van der Waals surface area (Å²) in [5, 5.41) is 20.5. The molecule has 2 rings (SSSR count). The maximum atomic E-state index is 13.3. The number of nitriles is 1. The van der Waals surface area contributed by atoms with Crippen LogP contribution in [-0.4, -0.2) is 29.7 Å². The van der Waals surface area contributed by atoms with E-state index in [1.807, 2.05) is 13.8 Å². The Morgan fingerprint density at radius 2 is 2.07 bits per heavy atom. The number of alkyl halides is 3. The van der Waals surface area contributed by atoms with E-state index in [-0.39, 0.29) is 22.4 Å². The number of halogens is 3. The molecule has 146 valence electrons. The molecule has 0 aliphatic heterocycles. The summed E-state index contributed by atoms with van der Waals surface area (Å²) in [6.07, 6.45) is -3.16. The molecule has 0 saturated heterocycles. The Hall–Kier alpha value is -2.65. The molecule has 27 heavy (non-hydrogen) atoms. The zero-order chi connectivity index (χ0) is 20.4. The van der Waals surface area contributed by atoms with Crippen molar-refractivity contribution in [1.82, 2.24) is 14.8 Å². The van der Waals surface area contributed by atoms with Gasteiger partial charge in [0.15, 0.2) is 11.5 Å². The molecule has 3 N–H and O–H groups in total. The number of aromatic nitrogens is 3. The lowest BCUT2D eigenvalue weighted by molar-refractivity contribution is -0.141. The third kappa shape index (κ3) is 4.55. The van der Waals surface area contributed by atoms with Gasteiger partial charge in [-0.3, -0.25) is 0 Å². The van der Waals surface area contributed by atoms with Gasteiger partial charge < -0.3 is 5.32 Å². The molecule has 12 heteroatoms. The molecule has 0 aliphatic rings. The van der Waals surface area contributed by atoms with Crippen molar-refractivity contribution in [1.29, 1.82) is 5.26 Å². The van der Waals surface area contributed by atoms with Gasteiger partial charge in [0.05, 0.1) is 0 Å². The number of primary sulfonamides is 1. The van der Waals surface area contributed by atoms with E-state index in [1.165, 1.54) is 6.07 Å². The number of rotatable bonds is 6. The maximum Gasteiger partial charge on any atom is 0.436 e. The summed E-state index contributed by atoms with van der Waals surface area (Å²) in [6.45, 7) is 4.12. The Morgan fingerprint density at radius 3 is 2.52 bits per heavy atom. The number of pyridine rings is 1. The van der Waals surface area contributed by atoms with Gasteiger partial charge in [-0.05, 0) is 18.1 Å². The van der Waals surface area contributed by atoms with E-state index in [1.54, 1.807) is 0 Å². The molecule has 0 radical (unpaired) electrons. The predicted molar refractivity (Wildman–Crippen MR) is 90.4 cm³/mol. The first-order chi connectivity index (χ1) is 12.5. The molecule has 0 spiro atoms. The second kappa shape index (κ2) is 7.53. The van der Waals surface area contributed by atoms with Crippen LogP contribution in [0.3, 0.4) is 0 Å². The Labute approximate surface area is 153 Å². The number of hydrogen-bond acceptors (Lipinski definition) is 6. The summed E-state index contributed by atoms with van der Waals surface area (Å²) < 4.78 is 63.2. The maximum absolute atomic E-state index is 13.3. The quantitative estimate of drug-likeness (QED) is 0.763. The Balaban J connectivity index is 2.60. The van der Waals surface area contributed by atoms with Gasteiger partial charge in [-0.2, -0.15) is 28.2 Å². The lowest BCUT2D eigenvalue weighted by Crippen LogP contribution is -2.15. The van der Waals surface area contributed by atoms with Crippen LogP contribution in [0.5, 0.6) is 0 Å². The van der Waals surface area contributed by atoms with Crippen LogP contribution in [0.4, 0.5) is 19.0 Å². The van der Waals surface area contributed by atoms with Gasteiger partial charge in [-0.15, -0.1) is 0 Å². The molecule has 0 fully saturated rings. The number of hydrogen-bond donors (Lipinski definition) is 2. The summed E-state index contributed by atoms with van der Waals surface area (Å²) in [5.74, 6) is -0.131. The molecule has 0 saturated carbocycles. The van der Waals surface area contributed by atoms with Crippen molar-refractivity contribution in [2.75, 3.05) is 11.9 Å². The highest BCUT2D eigenvalue weighted by atomic mass is 32.2. The Kier molecular flexibility index (Phi) is 5.76. The first kappa shape index (κ1) is 20.7. The van der Waals surface area contributed by atoms with E-state index in [4.69, 9.17) is 5.14 Å². The average Bonchev–Trinajstić information content (AvgIpc) is 2.97. The van der Waals surface area contributed by atoms with Gasteiger partial charge in [0.25, 0.3) is 0 Å². The van der Waals surface area contributed by atoms with Crippen LogP contribution in [0.25, 0.3) is 5.82 Å². The van der Waals surface area contributed by atoms with Crippen molar-refractivity contribution >= 4 is 15.8 Å². The fourth-order valence-corrected chi connectivity index (χ4v) is 2.59. The fourth-order valence-electron chi connectivity index (χ4n) is 2.13. The second-order valence-electron chi connectivity index (χ2n) is 5.89. The smallest absolute Gasteiger partial charge is 0.369 e. The molecule has 0 amide bonds. The Morgan fingerprint density at radius 1 is 1.41 bits per heavy atom. The first-order valence-corrected chi connectivity index (χ1v) is 9.37. The highest BCUT2D eigenvalue weighted by Crippen LogP contribution is 2.35. The minimum absolute atomic E-state index is 0.0962. The average molecular weight is 402 g/mol. The lowest BCUT2D eigenvalue weighted by atomic mass is 10.1. The van der Waals surface area contributed by atoms with E-state index < -0.39 is 27.5 Å². The van der Waals surface area contributed by atoms with Crippen LogP contribution in [-0.2, 0) is 16.2 Å². The SMILES string of the molecule is CCC(C)CNc1c(C#N)c(C(F)(F)F)nn1-c1ccc(S(N)(=O)=O)cn1. The van der Waals surface area contributed by atoms with Crippen molar-refractivity contribution in [3.8, 4) is 11.9 Å². The van der Waals surface area contributed by atoms with Crippen LogP contribution < -0.4 is 10.5 Å². The third-order valence-electron chi connectivity index (χ3n) is 3.85. The van der Waals surface area contributed by atoms with Crippen molar-refractivity contribution < 1.29 is 21.6 Å². The highest BCUT2D eigenvalue weighted by molar-refractivity contribution is 7.89. The zero-order valence-electron chi connectivity index (χ0n) is 14.4. The van der Waals surface area contributed by atoms with E-state index >= 15 is 0 Å². The monoisotopic (exact) mass is 402 g/mol. The lowest BCUT2D eigenvalue weighted by Gasteiger charge is -2.13. The molecule has 2 aromatic rings. The van der Waals surface area contributed by atoms with Crippen molar-refractivity contribution in [3.63, 3.8) is 0 Å². The standard InChI is InChI=1S/C15H17F3N6O2S/c1-3-9(2)7-22-14-11(6-19)13(15(16,17)18)23-24(14)12-5-4-10(8-21-12)27(20,25)26/h4-5,8-9,22H,3,7H2,1-2H3,(H2,20,25,26). The first-order valence-electron chi connectivity index (χ1n) is 7.82. The normalized spacial score (nSPS) is 13.2. The van der Waals surface area contributed by atoms with Crippen LogP contribution in [0.2, 0.25) is 0 Å². The van der Waals surface area contributed by atoms with Crippen LogP contribution in [0, 0.1) is 17.2 Å². The molecule has 8 nitrogen and oxygen atoms in total. The minimum atomic E-state index is -4.84. The summed E-state index contributed by atoms with van der Waals surface area (Å²) >= 11 is 0. The Bertz CT molecular complexity index is 961. The molecule has 2 aromatic heterocycles. The number of nitrogens with two attached hydrogens (primary N) is 1. The van der Waals surface area contributed by atoms with E-state index in [0.29, 0.717) is 6.54 Å². The van der Waals surface area contributed by atoms with Crippen molar-refractivity contribution in [2.45, 2.75) is 31.3 Å². The number of nitrogens with one attached hydrogen (secondary N) is 1. The molecular weight excluding hydrogens is 385 g/mol. The molecule has 2 heterocycles. The van der Waals surface area contributed by atoms with Gasteiger partial charge in [0.1, 0.15) is 22.3 Å². The predicted octanol–water partition coefficient (Wildman–Crippen LogP) is 2.26. The number of anilines is 1. The topological polar surface area (TPSA) is 127 Å². The molecule has 1 atom stereocenters. The van der Waals surface area contributed by atoms with E-state index in [9.17, 15) is 26.9 Å². The summed E-state index contributed by atoms with van der Waals surface area (Å²) in [5.41, 5.74) is -2.02. The van der Waals surface area contributed by atoms with Gasteiger partial charge in [-0.1, -0.05) is 20.3 Å². The summed E-state index contributed by atoms with van der Waals surface area (Å²) in [6, 6.07) is 3.78. The van der Waals surface area contributed by atoms with Gasteiger partial charge >= 0.3 is 6.18 Å². The zero-order valence-corrected chi connectivity index (χ0v) is 15.3. The van der Waals surface area contributed by atoms with Crippen molar-refractivity contribution in [2.24, 2.45) is 11.1 Å². The minimum Gasteiger partial charge on any atom is -0.369 e. The molecular formula is C15H17F3N6O2S. The van der Waals surface area contributed by atoms with Crippen LogP contribution >= 0.6 is 0 Å². The molecule has 0 aromatic carbocycles. The molecule has 0 bridgehead atoms. The van der Waals surface area contributed by atoms with Crippen LogP contribution in [0.15, 0.2) is 23.2 Å². The molecule has 0 aliphatic carbocycles. The van der Waals surface area contributed by atoms with Gasteiger partial charge in [0, 0.05) is 12.7 Å². The fraction of sp³-hybridized carbons (Fsp3) is 0.400. The summed E-state index contributed by atoms with van der Waals surface area (Å²) in [7, 11) is -4.01. The third-order valence-corrected chi connectivity index (χ3v) is 4.75.